The Kier molecular flexibility index (Phi) is 2.87. The molecule has 3 rings (SSSR count). The Hall–Kier alpha value is -2.48. The normalized spacial score (nSPS) is 10.9. The Labute approximate surface area is 117 Å². The summed E-state index contributed by atoms with van der Waals surface area (Å²) in [6, 6.07) is 1.89. The summed E-state index contributed by atoms with van der Waals surface area (Å²) in [4.78, 5) is 22.6. The highest BCUT2D eigenvalue weighted by Crippen LogP contribution is 2.24. The molecule has 0 atom stereocenters. The molecule has 102 valence electrons. The van der Waals surface area contributed by atoms with Gasteiger partial charge in [0.1, 0.15) is 16.1 Å². The van der Waals surface area contributed by atoms with E-state index in [0.717, 1.165) is 10.7 Å². The number of carboxylic acid groups (broad SMARTS) is 1. The van der Waals surface area contributed by atoms with E-state index < -0.39 is 5.97 Å². The van der Waals surface area contributed by atoms with Gasteiger partial charge in [-0.25, -0.2) is 14.8 Å². The fourth-order valence-corrected chi connectivity index (χ4v) is 2.50. The van der Waals surface area contributed by atoms with Crippen molar-refractivity contribution in [3.05, 3.63) is 29.2 Å². The third-order valence-electron chi connectivity index (χ3n) is 2.78. The van der Waals surface area contributed by atoms with Gasteiger partial charge in [0.05, 0.1) is 11.4 Å². The molecule has 0 bridgehead atoms. The van der Waals surface area contributed by atoms with Gasteiger partial charge >= 0.3 is 5.97 Å². The van der Waals surface area contributed by atoms with Crippen molar-refractivity contribution in [3.63, 3.8) is 0 Å². The zero-order valence-corrected chi connectivity index (χ0v) is 11.6. The standard InChI is InChI=1S/C12H11N5O2S/c1-5-3-8(20-17-5)15-10-6(2)14-11-9(16-10)7(4-13-11)12(18)19/h3-4H,1-2H3,(H,13,14)(H,15,16)(H,18,19). The van der Waals surface area contributed by atoms with E-state index in [1.165, 1.54) is 17.7 Å². The highest BCUT2D eigenvalue weighted by atomic mass is 32.1. The zero-order chi connectivity index (χ0) is 14.3. The summed E-state index contributed by atoms with van der Waals surface area (Å²) in [6.45, 7) is 3.71. The molecule has 0 fully saturated rings. The van der Waals surface area contributed by atoms with E-state index in [2.05, 4.69) is 24.6 Å². The molecular formula is C12H11N5O2S. The van der Waals surface area contributed by atoms with E-state index in [1.807, 2.05) is 19.9 Å². The van der Waals surface area contributed by atoms with Crippen LogP contribution in [0.2, 0.25) is 0 Å². The fourth-order valence-electron chi connectivity index (χ4n) is 1.84. The van der Waals surface area contributed by atoms with Gasteiger partial charge in [-0.2, -0.15) is 4.37 Å². The number of H-pyrrole nitrogens is 1. The van der Waals surface area contributed by atoms with Gasteiger partial charge in [-0.3, -0.25) is 0 Å². The Morgan fingerprint density at radius 1 is 1.40 bits per heavy atom. The van der Waals surface area contributed by atoms with Gasteiger partial charge in [-0.05, 0) is 31.4 Å². The van der Waals surface area contributed by atoms with Crippen molar-refractivity contribution >= 4 is 39.5 Å². The average molecular weight is 289 g/mol. The van der Waals surface area contributed by atoms with Gasteiger partial charge in [-0.1, -0.05) is 0 Å². The number of carboxylic acids is 1. The van der Waals surface area contributed by atoms with Crippen LogP contribution >= 0.6 is 11.5 Å². The number of aromatic amines is 1. The number of aryl methyl sites for hydroxylation is 2. The summed E-state index contributed by atoms with van der Waals surface area (Å²) in [7, 11) is 0. The van der Waals surface area contributed by atoms with E-state index in [0.29, 0.717) is 22.7 Å². The first-order chi connectivity index (χ1) is 9.54. The van der Waals surface area contributed by atoms with Crippen LogP contribution in [-0.4, -0.2) is 30.4 Å². The number of aromatic carboxylic acids is 1. The Morgan fingerprint density at radius 2 is 2.20 bits per heavy atom. The van der Waals surface area contributed by atoms with Crippen molar-refractivity contribution in [1.29, 1.82) is 0 Å². The summed E-state index contributed by atoms with van der Waals surface area (Å²) in [5, 5.41) is 13.1. The van der Waals surface area contributed by atoms with Crippen LogP contribution in [0.25, 0.3) is 11.2 Å². The molecule has 7 nitrogen and oxygen atoms in total. The lowest BCUT2D eigenvalue weighted by molar-refractivity contribution is 0.0699. The van der Waals surface area contributed by atoms with Crippen molar-refractivity contribution in [2.75, 3.05) is 5.32 Å². The van der Waals surface area contributed by atoms with E-state index in [9.17, 15) is 4.79 Å². The summed E-state index contributed by atoms with van der Waals surface area (Å²) in [5.41, 5.74) is 2.51. The lowest BCUT2D eigenvalue weighted by Crippen LogP contribution is -2.00. The number of hydrogen-bond acceptors (Lipinski definition) is 6. The summed E-state index contributed by atoms with van der Waals surface area (Å²) in [6.07, 6.45) is 1.40. The second kappa shape index (κ2) is 4.57. The lowest BCUT2D eigenvalue weighted by Gasteiger charge is -2.05. The molecule has 0 unspecified atom stereocenters. The van der Waals surface area contributed by atoms with Crippen LogP contribution in [0.4, 0.5) is 10.8 Å². The summed E-state index contributed by atoms with van der Waals surface area (Å²) < 4.78 is 4.17. The maximum atomic E-state index is 11.1. The number of nitrogens with one attached hydrogen (secondary N) is 2. The summed E-state index contributed by atoms with van der Waals surface area (Å²) >= 11 is 1.32. The van der Waals surface area contributed by atoms with E-state index in [4.69, 9.17) is 5.11 Å². The first-order valence-corrected chi connectivity index (χ1v) is 6.61. The van der Waals surface area contributed by atoms with Gasteiger partial charge < -0.3 is 15.4 Å². The largest absolute Gasteiger partial charge is 0.478 e. The number of anilines is 2. The van der Waals surface area contributed by atoms with Crippen LogP contribution < -0.4 is 5.32 Å². The third-order valence-corrected chi connectivity index (χ3v) is 3.57. The first kappa shape index (κ1) is 12.5. The predicted molar refractivity (Wildman–Crippen MR) is 75.7 cm³/mol. The number of rotatable bonds is 3. The minimum Gasteiger partial charge on any atom is -0.478 e. The molecule has 3 aromatic heterocycles. The van der Waals surface area contributed by atoms with Crippen LogP contribution in [0.5, 0.6) is 0 Å². The van der Waals surface area contributed by atoms with E-state index in [1.54, 1.807) is 0 Å². The molecule has 3 aromatic rings. The second-order valence-electron chi connectivity index (χ2n) is 4.32. The highest BCUT2D eigenvalue weighted by Gasteiger charge is 2.15. The van der Waals surface area contributed by atoms with Crippen molar-refractivity contribution in [2.45, 2.75) is 13.8 Å². The first-order valence-electron chi connectivity index (χ1n) is 5.84. The van der Waals surface area contributed by atoms with Crippen molar-refractivity contribution in [2.24, 2.45) is 0 Å². The minimum absolute atomic E-state index is 0.107. The number of nitrogens with zero attached hydrogens (tertiary/aromatic N) is 3. The summed E-state index contributed by atoms with van der Waals surface area (Å²) in [5.74, 6) is -0.503. The maximum Gasteiger partial charge on any atom is 0.339 e. The molecule has 0 amide bonds. The Morgan fingerprint density at radius 3 is 2.85 bits per heavy atom. The molecule has 0 radical (unpaired) electrons. The molecule has 8 heteroatoms. The van der Waals surface area contributed by atoms with Gasteiger partial charge in [0.25, 0.3) is 0 Å². The monoisotopic (exact) mass is 289 g/mol. The molecule has 0 aliphatic heterocycles. The van der Waals surface area contributed by atoms with Crippen molar-refractivity contribution < 1.29 is 9.90 Å². The SMILES string of the molecule is Cc1cc(Nc2nc3c(C(=O)O)c[nH]c3nc2C)sn1. The smallest absolute Gasteiger partial charge is 0.339 e. The van der Waals surface area contributed by atoms with Crippen LogP contribution in [0.1, 0.15) is 21.7 Å². The topological polar surface area (TPSA) is 104 Å². The number of hydrogen-bond donors (Lipinski definition) is 3. The van der Waals surface area contributed by atoms with Crippen LogP contribution in [0, 0.1) is 13.8 Å². The molecule has 3 N–H and O–H groups in total. The van der Waals surface area contributed by atoms with E-state index in [-0.39, 0.29) is 5.56 Å². The van der Waals surface area contributed by atoms with Crippen LogP contribution in [0.3, 0.4) is 0 Å². The molecule has 0 aromatic carbocycles. The zero-order valence-electron chi connectivity index (χ0n) is 10.8. The molecule has 0 saturated heterocycles. The molecule has 0 aliphatic rings. The predicted octanol–water partition coefficient (Wildman–Crippen LogP) is 2.47. The molecule has 0 aliphatic carbocycles. The second-order valence-corrected chi connectivity index (χ2v) is 5.12. The van der Waals surface area contributed by atoms with Gasteiger partial charge in [0.2, 0.25) is 0 Å². The average Bonchev–Trinajstić information content (AvgIpc) is 2.96. The van der Waals surface area contributed by atoms with Crippen molar-refractivity contribution in [1.82, 2.24) is 19.3 Å². The molecule has 3 heterocycles. The Bertz CT molecular complexity index is 807. The maximum absolute atomic E-state index is 11.1. The van der Waals surface area contributed by atoms with Gasteiger partial charge in [0, 0.05) is 6.20 Å². The molecule has 0 spiro atoms. The number of aromatic nitrogens is 4. The quantitative estimate of drug-likeness (QED) is 0.684. The van der Waals surface area contributed by atoms with Crippen LogP contribution in [0.15, 0.2) is 12.3 Å². The van der Waals surface area contributed by atoms with Crippen LogP contribution in [-0.2, 0) is 0 Å². The Balaban J connectivity index is 2.08. The molecule has 20 heavy (non-hydrogen) atoms. The van der Waals surface area contributed by atoms with Gasteiger partial charge in [0.15, 0.2) is 11.5 Å². The fraction of sp³-hybridized carbons (Fsp3) is 0.167. The molecular weight excluding hydrogens is 278 g/mol. The number of carbonyl (C=O) groups is 1. The third kappa shape index (κ3) is 2.10. The van der Waals surface area contributed by atoms with Crippen molar-refractivity contribution in [3.8, 4) is 0 Å². The molecule has 0 saturated carbocycles. The minimum atomic E-state index is -1.03. The number of fused-ring (bicyclic) bond motifs is 1. The van der Waals surface area contributed by atoms with Gasteiger partial charge in [-0.15, -0.1) is 0 Å². The van der Waals surface area contributed by atoms with E-state index >= 15 is 0 Å². The lowest BCUT2D eigenvalue weighted by atomic mass is 10.3. The highest BCUT2D eigenvalue weighted by molar-refractivity contribution is 7.10.